The molecule has 2 amide bonds. The summed E-state index contributed by atoms with van der Waals surface area (Å²) in [5.74, 6) is -0.237. The molecule has 0 aliphatic rings. The van der Waals surface area contributed by atoms with Crippen LogP contribution in [0.25, 0.3) is 0 Å². The summed E-state index contributed by atoms with van der Waals surface area (Å²) in [5.41, 5.74) is 0.830. The maximum atomic E-state index is 14.3. The molecule has 0 fully saturated rings. The van der Waals surface area contributed by atoms with Crippen molar-refractivity contribution in [2.24, 2.45) is 0 Å². The van der Waals surface area contributed by atoms with Gasteiger partial charge in [0.2, 0.25) is 11.8 Å². The molecule has 0 aromatic heterocycles. The Morgan fingerprint density at radius 1 is 0.907 bits per heavy atom. The van der Waals surface area contributed by atoms with Crippen LogP contribution in [0, 0.1) is 0 Å². The highest BCUT2D eigenvalue weighted by atomic mass is 35.5. The summed E-state index contributed by atoms with van der Waals surface area (Å²) in [6.45, 7) is 3.53. The normalized spacial score (nSPS) is 11.8. The van der Waals surface area contributed by atoms with Crippen molar-refractivity contribution in [2.75, 3.05) is 38.7 Å². The van der Waals surface area contributed by atoms with Crippen LogP contribution in [0.15, 0.2) is 71.6 Å². The van der Waals surface area contributed by atoms with Crippen molar-refractivity contribution in [1.82, 2.24) is 10.2 Å². The zero-order valence-corrected chi connectivity index (χ0v) is 26.6. The van der Waals surface area contributed by atoms with E-state index in [1.807, 2.05) is 37.3 Å². The van der Waals surface area contributed by atoms with Crippen LogP contribution in [0.5, 0.6) is 17.2 Å². The van der Waals surface area contributed by atoms with Gasteiger partial charge in [-0.25, -0.2) is 8.42 Å². The summed E-state index contributed by atoms with van der Waals surface area (Å²) in [6, 6.07) is 16.9. The van der Waals surface area contributed by atoms with Crippen molar-refractivity contribution in [3.63, 3.8) is 0 Å². The number of anilines is 1. The van der Waals surface area contributed by atoms with E-state index in [0.717, 1.165) is 22.7 Å². The maximum absolute atomic E-state index is 14.3. The van der Waals surface area contributed by atoms with E-state index < -0.39 is 28.5 Å². The molecule has 0 radical (unpaired) electrons. The van der Waals surface area contributed by atoms with E-state index in [9.17, 15) is 18.0 Å². The Morgan fingerprint density at radius 3 is 2.19 bits per heavy atom. The molecule has 0 aliphatic heterocycles. The van der Waals surface area contributed by atoms with E-state index in [1.54, 1.807) is 13.0 Å². The third-order valence-electron chi connectivity index (χ3n) is 6.82. The van der Waals surface area contributed by atoms with Gasteiger partial charge in [-0.15, -0.1) is 0 Å². The number of carbonyl (C=O) groups excluding carboxylic acids is 2. The fourth-order valence-corrected chi connectivity index (χ4v) is 5.97. The average molecular weight is 632 g/mol. The fourth-order valence-electron chi connectivity index (χ4n) is 4.37. The molecule has 232 valence electrons. The van der Waals surface area contributed by atoms with Gasteiger partial charge in [-0.2, -0.15) is 0 Å². The number of nitrogens with zero attached hydrogens (tertiary/aromatic N) is 2. The molecule has 0 spiro atoms. The van der Waals surface area contributed by atoms with Crippen molar-refractivity contribution >= 4 is 39.1 Å². The van der Waals surface area contributed by atoms with Crippen molar-refractivity contribution < 1.29 is 32.2 Å². The van der Waals surface area contributed by atoms with Gasteiger partial charge in [-0.05, 0) is 49.2 Å². The molecule has 1 N–H and O–H groups in total. The van der Waals surface area contributed by atoms with Gasteiger partial charge >= 0.3 is 0 Å². The van der Waals surface area contributed by atoms with Crippen LogP contribution in [-0.4, -0.2) is 65.6 Å². The summed E-state index contributed by atoms with van der Waals surface area (Å²) in [7, 11) is -0.194. The minimum Gasteiger partial charge on any atom is -0.495 e. The highest BCUT2D eigenvalue weighted by Crippen LogP contribution is 2.37. The Labute approximate surface area is 258 Å². The molecule has 3 aromatic rings. The number of hydrogen-bond acceptors (Lipinski definition) is 7. The van der Waals surface area contributed by atoms with Gasteiger partial charge in [0.1, 0.15) is 18.3 Å². The third-order valence-corrected chi connectivity index (χ3v) is 8.81. The zero-order valence-electron chi connectivity index (χ0n) is 25.0. The smallest absolute Gasteiger partial charge is 0.265 e. The molecule has 0 saturated carbocycles. The number of nitrogens with one attached hydrogen (secondary N) is 1. The number of ether oxygens (including phenoxy) is 3. The SMILES string of the molecule is CCCCNC(=O)C(C)N(Cc1ccccc1)C(=O)CN(c1cc(Cl)ccc1OC)S(=O)(=O)c1ccc(OC)c(OC)c1. The van der Waals surface area contributed by atoms with Crippen molar-refractivity contribution in [3.8, 4) is 17.2 Å². The molecule has 0 bridgehead atoms. The second-order valence-corrected chi connectivity index (χ2v) is 12.0. The lowest BCUT2D eigenvalue weighted by Crippen LogP contribution is -2.51. The Bertz CT molecular complexity index is 1500. The molecule has 3 aromatic carbocycles. The van der Waals surface area contributed by atoms with Gasteiger partial charge in [0.15, 0.2) is 11.5 Å². The van der Waals surface area contributed by atoms with Gasteiger partial charge in [-0.3, -0.25) is 13.9 Å². The quantitative estimate of drug-likeness (QED) is 0.238. The van der Waals surface area contributed by atoms with Crippen LogP contribution in [0.4, 0.5) is 5.69 Å². The Hall–Kier alpha value is -3.96. The third kappa shape index (κ3) is 8.32. The van der Waals surface area contributed by atoms with Crippen molar-refractivity contribution in [1.29, 1.82) is 0 Å². The molecule has 0 saturated heterocycles. The predicted octanol–water partition coefficient (Wildman–Crippen LogP) is 4.89. The van der Waals surface area contributed by atoms with Crippen LogP contribution < -0.4 is 23.8 Å². The number of sulfonamides is 1. The van der Waals surface area contributed by atoms with Gasteiger partial charge in [0.05, 0.1) is 31.9 Å². The first-order valence-electron chi connectivity index (χ1n) is 13.8. The molecule has 0 aliphatic carbocycles. The number of halogens is 1. The first-order chi connectivity index (χ1) is 20.6. The number of methoxy groups -OCH3 is 3. The van der Waals surface area contributed by atoms with Crippen LogP contribution in [0.1, 0.15) is 32.3 Å². The van der Waals surface area contributed by atoms with E-state index in [0.29, 0.717) is 12.3 Å². The summed E-state index contributed by atoms with van der Waals surface area (Å²) >= 11 is 6.30. The minimum absolute atomic E-state index is 0.0536. The number of unbranched alkanes of at least 4 members (excludes halogenated alkanes) is 1. The molecule has 43 heavy (non-hydrogen) atoms. The molecule has 12 heteroatoms. The Kier molecular flexibility index (Phi) is 12.1. The monoisotopic (exact) mass is 631 g/mol. The summed E-state index contributed by atoms with van der Waals surface area (Å²) in [5, 5.41) is 3.10. The van der Waals surface area contributed by atoms with E-state index in [1.165, 1.54) is 56.6 Å². The zero-order chi connectivity index (χ0) is 31.6. The van der Waals surface area contributed by atoms with Crippen LogP contribution in [0.2, 0.25) is 5.02 Å². The molecular weight excluding hydrogens is 594 g/mol. The van der Waals surface area contributed by atoms with E-state index in [2.05, 4.69) is 5.32 Å². The van der Waals surface area contributed by atoms with Gasteiger partial charge in [0, 0.05) is 24.2 Å². The highest BCUT2D eigenvalue weighted by Gasteiger charge is 2.34. The number of carbonyl (C=O) groups is 2. The lowest BCUT2D eigenvalue weighted by atomic mass is 10.1. The number of amides is 2. The highest BCUT2D eigenvalue weighted by molar-refractivity contribution is 7.92. The Morgan fingerprint density at radius 2 is 1.56 bits per heavy atom. The number of benzene rings is 3. The van der Waals surface area contributed by atoms with E-state index in [-0.39, 0.29) is 39.6 Å². The van der Waals surface area contributed by atoms with Crippen molar-refractivity contribution in [2.45, 2.75) is 44.2 Å². The predicted molar refractivity (Wildman–Crippen MR) is 166 cm³/mol. The first kappa shape index (κ1) is 33.5. The Balaban J connectivity index is 2.11. The van der Waals surface area contributed by atoms with E-state index in [4.69, 9.17) is 25.8 Å². The minimum atomic E-state index is -4.41. The van der Waals surface area contributed by atoms with Gasteiger partial charge in [-0.1, -0.05) is 55.3 Å². The standard InChI is InChI=1S/C31H38ClN3O7S/c1-6-7-17-33-31(37)22(2)34(20-23-11-9-8-10-12-23)30(36)21-35(26-18-24(32)13-15-27(26)40-3)43(38,39)25-14-16-28(41-4)29(19-25)42-5/h8-16,18-19,22H,6-7,17,20-21H2,1-5H3,(H,33,37). The number of hydrogen-bond donors (Lipinski definition) is 1. The summed E-state index contributed by atoms with van der Waals surface area (Å²) < 4.78 is 45.5. The van der Waals surface area contributed by atoms with Crippen LogP contribution in [0.3, 0.4) is 0 Å². The molecular formula is C31H38ClN3O7S. The summed E-state index contributed by atoms with van der Waals surface area (Å²) in [4.78, 5) is 28.4. The number of rotatable bonds is 15. The fraction of sp³-hybridized carbons (Fsp3) is 0.355. The molecule has 0 heterocycles. The lowest BCUT2D eigenvalue weighted by molar-refractivity contribution is -0.139. The van der Waals surface area contributed by atoms with Gasteiger partial charge in [0.25, 0.3) is 10.0 Å². The van der Waals surface area contributed by atoms with Gasteiger partial charge < -0.3 is 24.4 Å². The maximum Gasteiger partial charge on any atom is 0.265 e. The molecule has 10 nitrogen and oxygen atoms in total. The molecule has 1 atom stereocenters. The van der Waals surface area contributed by atoms with E-state index >= 15 is 0 Å². The molecule has 3 rings (SSSR count). The average Bonchev–Trinajstić information content (AvgIpc) is 3.02. The topological polar surface area (TPSA) is 114 Å². The lowest BCUT2D eigenvalue weighted by Gasteiger charge is -2.32. The second kappa shape index (κ2) is 15.5. The summed E-state index contributed by atoms with van der Waals surface area (Å²) in [6.07, 6.45) is 1.68. The first-order valence-corrected chi connectivity index (χ1v) is 15.6. The van der Waals surface area contributed by atoms with Crippen LogP contribution in [-0.2, 0) is 26.2 Å². The van der Waals surface area contributed by atoms with Crippen molar-refractivity contribution in [3.05, 3.63) is 77.3 Å². The second-order valence-electron chi connectivity index (χ2n) is 9.67. The van der Waals surface area contributed by atoms with Crippen LogP contribution >= 0.6 is 11.6 Å². The largest absolute Gasteiger partial charge is 0.495 e. The molecule has 1 unspecified atom stereocenters.